The zero-order chi connectivity index (χ0) is 19.3. The number of nitrogens with zero attached hydrogens (tertiary/aromatic N) is 2. The van der Waals surface area contributed by atoms with E-state index in [-0.39, 0.29) is 5.91 Å². The first-order valence-electron chi connectivity index (χ1n) is 8.77. The predicted octanol–water partition coefficient (Wildman–Crippen LogP) is 6.28. The van der Waals surface area contributed by atoms with Crippen molar-refractivity contribution in [2.24, 2.45) is 0 Å². The van der Waals surface area contributed by atoms with Gasteiger partial charge in [-0.25, -0.2) is 4.98 Å². The Morgan fingerprint density at radius 2 is 1.68 bits per heavy atom. The lowest BCUT2D eigenvalue weighted by Gasteiger charge is -2.20. The van der Waals surface area contributed by atoms with Crippen LogP contribution >= 0.6 is 34.7 Å². The van der Waals surface area contributed by atoms with Crippen LogP contribution in [0, 0.1) is 0 Å². The molecule has 0 atom stereocenters. The molecular weight excluding hydrogens is 408 g/mol. The summed E-state index contributed by atoms with van der Waals surface area (Å²) in [5.74, 6) is 0.368. The van der Waals surface area contributed by atoms with Gasteiger partial charge in [0.15, 0.2) is 5.13 Å². The van der Waals surface area contributed by atoms with Crippen molar-refractivity contribution in [3.8, 4) is 0 Å². The van der Waals surface area contributed by atoms with Crippen LogP contribution in [0.2, 0.25) is 5.02 Å². The third-order valence-electron chi connectivity index (χ3n) is 4.17. The van der Waals surface area contributed by atoms with Gasteiger partial charge in [-0.1, -0.05) is 65.4 Å². The summed E-state index contributed by atoms with van der Waals surface area (Å²) in [5, 5.41) is 1.42. The summed E-state index contributed by atoms with van der Waals surface area (Å²) in [4.78, 5) is 20.6. The van der Waals surface area contributed by atoms with Gasteiger partial charge in [-0.05, 0) is 42.0 Å². The van der Waals surface area contributed by atoms with Crippen molar-refractivity contribution in [2.75, 3.05) is 10.7 Å². The molecule has 0 aliphatic carbocycles. The van der Waals surface area contributed by atoms with E-state index in [0.29, 0.717) is 17.3 Å². The number of benzene rings is 3. The molecule has 6 heteroatoms. The fraction of sp³-hybridized carbons (Fsp3) is 0.0909. The molecule has 0 aliphatic heterocycles. The van der Waals surface area contributed by atoms with Gasteiger partial charge in [0.05, 0.1) is 22.5 Å². The number of rotatable bonds is 6. The number of carbonyl (C=O) groups excluding carboxylic acids is 1. The van der Waals surface area contributed by atoms with Gasteiger partial charge in [0.25, 0.3) is 0 Å². The second-order valence-corrected chi connectivity index (χ2v) is 8.67. The molecule has 0 spiro atoms. The molecule has 28 heavy (non-hydrogen) atoms. The highest BCUT2D eigenvalue weighted by atomic mass is 35.5. The Morgan fingerprint density at radius 3 is 2.43 bits per heavy atom. The first-order valence-corrected chi connectivity index (χ1v) is 11.0. The van der Waals surface area contributed by atoms with E-state index in [1.165, 1.54) is 11.8 Å². The molecule has 0 bridgehead atoms. The highest BCUT2D eigenvalue weighted by Crippen LogP contribution is 2.30. The highest BCUT2D eigenvalue weighted by molar-refractivity contribution is 8.00. The van der Waals surface area contributed by atoms with E-state index >= 15 is 0 Å². The van der Waals surface area contributed by atoms with Crippen LogP contribution in [-0.2, 0) is 11.3 Å². The van der Waals surface area contributed by atoms with Crippen LogP contribution < -0.4 is 4.90 Å². The van der Waals surface area contributed by atoms with Gasteiger partial charge >= 0.3 is 0 Å². The van der Waals surface area contributed by atoms with Crippen molar-refractivity contribution in [1.82, 2.24) is 4.98 Å². The van der Waals surface area contributed by atoms with Gasteiger partial charge in [0.1, 0.15) is 0 Å². The van der Waals surface area contributed by atoms with Crippen LogP contribution in [-0.4, -0.2) is 16.6 Å². The highest BCUT2D eigenvalue weighted by Gasteiger charge is 2.20. The number of halogens is 1. The minimum atomic E-state index is 0.0304. The molecule has 4 rings (SSSR count). The van der Waals surface area contributed by atoms with Crippen LogP contribution in [0.5, 0.6) is 0 Å². The smallest absolute Gasteiger partial charge is 0.239 e. The average Bonchev–Trinajstić information content (AvgIpc) is 3.16. The molecule has 0 fully saturated rings. The number of anilines is 1. The van der Waals surface area contributed by atoms with E-state index < -0.39 is 0 Å². The number of hydrogen-bond donors (Lipinski definition) is 0. The quantitative estimate of drug-likeness (QED) is 0.342. The van der Waals surface area contributed by atoms with E-state index in [1.807, 2.05) is 78.9 Å². The van der Waals surface area contributed by atoms with Crippen LogP contribution in [0.1, 0.15) is 5.56 Å². The standard InChI is InChI=1S/C22H17ClN2OS2/c23-17-10-12-18(13-11-17)27-15-21(26)25(14-16-6-2-1-3-7-16)22-24-19-8-4-5-9-20(19)28-22/h1-13H,14-15H2. The lowest BCUT2D eigenvalue weighted by molar-refractivity contribution is -0.116. The zero-order valence-corrected chi connectivity index (χ0v) is 17.3. The number of thioether (sulfide) groups is 1. The largest absolute Gasteiger partial charge is 0.283 e. The normalized spacial score (nSPS) is 10.9. The first kappa shape index (κ1) is 19.0. The molecule has 1 amide bonds. The minimum Gasteiger partial charge on any atom is -0.283 e. The topological polar surface area (TPSA) is 33.2 Å². The van der Waals surface area contributed by atoms with E-state index in [9.17, 15) is 4.79 Å². The number of carbonyl (C=O) groups is 1. The number of amides is 1. The molecule has 1 aromatic heterocycles. The maximum atomic E-state index is 13.1. The fourth-order valence-electron chi connectivity index (χ4n) is 2.76. The summed E-state index contributed by atoms with van der Waals surface area (Å²) >= 11 is 8.99. The van der Waals surface area contributed by atoms with Gasteiger partial charge in [-0.2, -0.15) is 0 Å². The molecule has 140 valence electrons. The van der Waals surface area contributed by atoms with Crippen LogP contribution in [0.15, 0.2) is 83.8 Å². The monoisotopic (exact) mass is 424 g/mol. The summed E-state index contributed by atoms with van der Waals surface area (Å²) in [6.45, 7) is 0.501. The van der Waals surface area contributed by atoms with Gasteiger partial charge < -0.3 is 0 Å². The Hall–Kier alpha value is -2.34. The van der Waals surface area contributed by atoms with Gasteiger partial charge in [0.2, 0.25) is 5.91 Å². The Labute approximate surface area is 177 Å². The number of thiazole rings is 1. The van der Waals surface area contributed by atoms with Gasteiger partial charge in [0, 0.05) is 9.92 Å². The molecule has 0 radical (unpaired) electrons. The summed E-state index contributed by atoms with van der Waals surface area (Å²) in [6, 6.07) is 25.5. The molecule has 0 N–H and O–H groups in total. The molecule has 0 saturated heterocycles. The van der Waals surface area contributed by atoms with Gasteiger partial charge in [-0.15, -0.1) is 11.8 Å². The van der Waals surface area contributed by atoms with E-state index in [1.54, 1.807) is 16.2 Å². The number of fused-ring (bicyclic) bond motifs is 1. The lowest BCUT2D eigenvalue weighted by Crippen LogP contribution is -2.31. The molecule has 3 nitrogen and oxygen atoms in total. The maximum Gasteiger partial charge on any atom is 0.239 e. The van der Waals surface area contributed by atoms with Crippen molar-refractivity contribution >= 4 is 56.0 Å². The van der Waals surface area contributed by atoms with E-state index in [2.05, 4.69) is 0 Å². The molecule has 0 aliphatic rings. The number of para-hydroxylation sites is 1. The molecule has 0 unspecified atom stereocenters. The minimum absolute atomic E-state index is 0.0304. The first-order chi connectivity index (χ1) is 13.7. The Bertz CT molecular complexity index is 1050. The number of aromatic nitrogens is 1. The Kier molecular flexibility index (Phi) is 5.95. The molecule has 3 aromatic carbocycles. The Morgan fingerprint density at radius 1 is 0.964 bits per heavy atom. The summed E-state index contributed by atoms with van der Waals surface area (Å²) < 4.78 is 1.08. The predicted molar refractivity (Wildman–Crippen MR) is 119 cm³/mol. The summed E-state index contributed by atoms with van der Waals surface area (Å²) in [5.41, 5.74) is 1.99. The van der Waals surface area contributed by atoms with Crippen LogP contribution in [0.25, 0.3) is 10.2 Å². The molecule has 0 saturated carbocycles. The van der Waals surface area contributed by atoms with Crippen molar-refractivity contribution in [1.29, 1.82) is 0 Å². The van der Waals surface area contributed by atoms with E-state index in [0.717, 1.165) is 25.8 Å². The second-order valence-electron chi connectivity index (χ2n) is 6.17. The van der Waals surface area contributed by atoms with Crippen LogP contribution in [0.4, 0.5) is 5.13 Å². The zero-order valence-electron chi connectivity index (χ0n) is 14.9. The van der Waals surface area contributed by atoms with E-state index in [4.69, 9.17) is 16.6 Å². The molecular formula is C22H17ClN2OS2. The second kappa shape index (κ2) is 8.78. The van der Waals surface area contributed by atoms with Crippen molar-refractivity contribution in [2.45, 2.75) is 11.4 Å². The van der Waals surface area contributed by atoms with Crippen molar-refractivity contribution in [3.05, 3.63) is 89.4 Å². The average molecular weight is 425 g/mol. The van der Waals surface area contributed by atoms with Crippen molar-refractivity contribution in [3.63, 3.8) is 0 Å². The van der Waals surface area contributed by atoms with Crippen molar-refractivity contribution < 1.29 is 4.79 Å². The van der Waals surface area contributed by atoms with Crippen LogP contribution in [0.3, 0.4) is 0 Å². The fourth-order valence-corrected chi connectivity index (χ4v) is 4.64. The molecule has 1 heterocycles. The Balaban J connectivity index is 1.58. The third kappa shape index (κ3) is 4.55. The molecule has 4 aromatic rings. The number of hydrogen-bond acceptors (Lipinski definition) is 4. The third-order valence-corrected chi connectivity index (χ3v) is 6.48. The summed E-state index contributed by atoms with van der Waals surface area (Å²) in [6.07, 6.45) is 0. The van der Waals surface area contributed by atoms with Gasteiger partial charge in [-0.3, -0.25) is 9.69 Å². The SMILES string of the molecule is O=C(CSc1ccc(Cl)cc1)N(Cc1ccccc1)c1nc2ccccc2s1. The summed E-state index contributed by atoms with van der Waals surface area (Å²) in [7, 11) is 0. The lowest BCUT2D eigenvalue weighted by atomic mass is 10.2. The maximum absolute atomic E-state index is 13.1.